The largest absolute Gasteiger partial charge is 0.399 e. The minimum absolute atomic E-state index is 0.0402. The Morgan fingerprint density at radius 3 is 2.77 bits per heavy atom. The van der Waals surface area contributed by atoms with Gasteiger partial charge < -0.3 is 27.4 Å². The first kappa shape index (κ1) is 21.1. The van der Waals surface area contributed by atoms with E-state index in [1.165, 1.54) is 18.2 Å². The predicted molar refractivity (Wildman–Crippen MR) is 121 cm³/mol. The fraction of sp³-hybridized carbons (Fsp3) is 0.350. The lowest BCUT2D eigenvalue weighted by molar-refractivity contribution is 0.102. The predicted octanol–water partition coefficient (Wildman–Crippen LogP) is 2.27. The van der Waals surface area contributed by atoms with E-state index in [0.717, 1.165) is 43.1 Å². The molecule has 3 aromatic rings. The number of aromatic nitrogens is 3. The number of piperidine rings is 1. The summed E-state index contributed by atoms with van der Waals surface area (Å²) in [4.78, 5) is 19.4. The number of hydrogen-bond donors (Lipinski definition) is 4. The standard InChI is InChI=1S/C20H25FN8OS/c1-28-20(29-6-4-11(9-22)5-7-29)15(10-25-28)26-18(30)16-17(24)31-19(27-16)13-8-12(23)2-3-14(13)21/h2-3,8,10-11H,4-7,9,22-24H2,1H3,(H,26,30). The van der Waals surface area contributed by atoms with E-state index < -0.39 is 11.7 Å². The van der Waals surface area contributed by atoms with Crippen molar-refractivity contribution >= 4 is 39.4 Å². The van der Waals surface area contributed by atoms with Crippen LogP contribution in [0.2, 0.25) is 0 Å². The van der Waals surface area contributed by atoms with Crippen molar-refractivity contribution in [3.63, 3.8) is 0 Å². The van der Waals surface area contributed by atoms with Gasteiger partial charge in [0.1, 0.15) is 21.5 Å². The number of halogens is 1. The molecule has 1 aliphatic heterocycles. The van der Waals surface area contributed by atoms with Gasteiger partial charge in [-0.25, -0.2) is 9.37 Å². The van der Waals surface area contributed by atoms with Gasteiger partial charge in [0.25, 0.3) is 5.91 Å². The van der Waals surface area contributed by atoms with Crippen LogP contribution in [-0.2, 0) is 7.05 Å². The number of hydrogen-bond acceptors (Lipinski definition) is 8. The van der Waals surface area contributed by atoms with Crippen molar-refractivity contribution < 1.29 is 9.18 Å². The van der Waals surface area contributed by atoms with Crippen molar-refractivity contribution in [2.24, 2.45) is 18.7 Å². The lowest BCUT2D eigenvalue weighted by Crippen LogP contribution is -2.37. The lowest BCUT2D eigenvalue weighted by atomic mass is 9.97. The van der Waals surface area contributed by atoms with Gasteiger partial charge in [0.2, 0.25) is 0 Å². The number of nitrogens with two attached hydrogens (primary N) is 3. The minimum atomic E-state index is -0.481. The number of nitrogen functional groups attached to an aromatic ring is 2. The SMILES string of the molecule is Cn1ncc(NC(=O)c2nc(-c3cc(N)ccc3F)sc2N)c1N1CCC(CN)CC1. The summed E-state index contributed by atoms with van der Waals surface area (Å²) in [6.45, 7) is 2.35. The Kier molecular flexibility index (Phi) is 5.79. The molecule has 0 atom stereocenters. The number of aryl methyl sites for hydroxylation is 1. The smallest absolute Gasteiger partial charge is 0.277 e. The number of thiazole rings is 1. The van der Waals surface area contributed by atoms with Crippen LogP contribution in [0.1, 0.15) is 23.3 Å². The molecule has 2 aromatic heterocycles. The van der Waals surface area contributed by atoms with Crippen LogP contribution in [0.25, 0.3) is 10.6 Å². The topological polar surface area (TPSA) is 141 Å². The Labute approximate surface area is 183 Å². The Bertz CT molecular complexity index is 1100. The first-order valence-electron chi connectivity index (χ1n) is 9.97. The van der Waals surface area contributed by atoms with Crippen molar-refractivity contribution in [1.82, 2.24) is 14.8 Å². The molecule has 31 heavy (non-hydrogen) atoms. The van der Waals surface area contributed by atoms with Gasteiger partial charge in [0, 0.05) is 31.4 Å². The number of benzene rings is 1. The van der Waals surface area contributed by atoms with Crippen molar-refractivity contribution in [1.29, 1.82) is 0 Å². The average molecular weight is 445 g/mol. The normalized spacial score (nSPS) is 14.7. The summed E-state index contributed by atoms with van der Waals surface area (Å²) in [6, 6.07) is 4.20. The zero-order valence-electron chi connectivity index (χ0n) is 17.1. The maximum absolute atomic E-state index is 14.2. The molecule has 1 amide bonds. The molecule has 4 rings (SSSR count). The molecule has 0 spiro atoms. The third-order valence-corrected chi connectivity index (χ3v) is 6.41. The summed E-state index contributed by atoms with van der Waals surface area (Å²) >= 11 is 1.04. The van der Waals surface area contributed by atoms with Gasteiger partial charge in [0.05, 0.1) is 6.20 Å². The quantitative estimate of drug-likeness (QED) is 0.442. The second-order valence-electron chi connectivity index (χ2n) is 7.60. The highest BCUT2D eigenvalue weighted by atomic mass is 32.1. The van der Waals surface area contributed by atoms with E-state index in [9.17, 15) is 9.18 Å². The summed E-state index contributed by atoms with van der Waals surface area (Å²) in [5, 5.41) is 7.65. The lowest BCUT2D eigenvalue weighted by Gasteiger charge is -2.33. The maximum Gasteiger partial charge on any atom is 0.277 e. The fourth-order valence-corrected chi connectivity index (χ4v) is 4.62. The van der Waals surface area contributed by atoms with Crippen LogP contribution in [0.3, 0.4) is 0 Å². The third kappa shape index (κ3) is 4.19. The van der Waals surface area contributed by atoms with Crippen molar-refractivity contribution in [3.8, 4) is 10.6 Å². The zero-order chi connectivity index (χ0) is 22.1. The van der Waals surface area contributed by atoms with Crippen molar-refractivity contribution in [3.05, 3.63) is 35.9 Å². The van der Waals surface area contributed by atoms with E-state index in [2.05, 4.69) is 20.3 Å². The number of amides is 1. The van der Waals surface area contributed by atoms with Gasteiger partial charge in [-0.1, -0.05) is 11.3 Å². The van der Waals surface area contributed by atoms with E-state index in [1.54, 1.807) is 10.9 Å². The molecule has 1 aliphatic rings. The highest BCUT2D eigenvalue weighted by Gasteiger charge is 2.25. The van der Waals surface area contributed by atoms with E-state index in [4.69, 9.17) is 17.2 Å². The molecule has 0 radical (unpaired) electrons. The number of rotatable bonds is 5. The summed E-state index contributed by atoms with van der Waals surface area (Å²) < 4.78 is 15.9. The van der Waals surface area contributed by atoms with Crippen molar-refractivity contribution in [2.45, 2.75) is 12.8 Å². The molecule has 0 saturated carbocycles. The fourth-order valence-electron chi connectivity index (χ4n) is 3.77. The molecule has 1 aromatic carbocycles. The summed E-state index contributed by atoms with van der Waals surface area (Å²) in [6.07, 6.45) is 3.58. The maximum atomic E-state index is 14.2. The minimum Gasteiger partial charge on any atom is -0.399 e. The highest BCUT2D eigenvalue weighted by Crippen LogP contribution is 2.34. The molecule has 1 fully saturated rings. The van der Waals surface area contributed by atoms with Gasteiger partial charge in [0.15, 0.2) is 11.5 Å². The van der Waals surface area contributed by atoms with Crippen molar-refractivity contribution in [2.75, 3.05) is 41.3 Å². The third-order valence-electron chi connectivity index (χ3n) is 5.49. The number of anilines is 4. The second-order valence-corrected chi connectivity index (χ2v) is 8.63. The zero-order valence-corrected chi connectivity index (χ0v) is 18.0. The van der Waals surface area contributed by atoms with E-state index >= 15 is 0 Å². The molecule has 9 nitrogen and oxygen atoms in total. The first-order valence-corrected chi connectivity index (χ1v) is 10.8. The average Bonchev–Trinajstić information content (AvgIpc) is 3.32. The number of nitrogens with zero attached hydrogens (tertiary/aromatic N) is 4. The second kappa shape index (κ2) is 8.52. The Morgan fingerprint density at radius 2 is 2.06 bits per heavy atom. The Balaban J connectivity index is 1.56. The van der Waals surface area contributed by atoms with Gasteiger partial charge in [-0.2, -0.15) is 5.10 Å². The molecule has 0 bridgehead atoms. The van der Waals surface area contributed by atoms with Gasteiger partial charge in [-0.3, -0.25) is 9.48 Å². The molecule has 164 valence electrons. The van der Waals surface area contributed by atoms with E-state index in [1.807, 2.05) is 7.05 Å². The Hall–Kier alpha value is -3.18. The van der Waals surface area contributed by atoms with Crippen LogP contribution >= 0.6 is 11.3 Å². The van der Waals surface area contributed by atoms with Crippen LogP contribution < -0.4 is 27.4 Å². The number of carbonyl (C=O) groups excluding carboxylic acids is 1. The van der Waals surface area contributed by atoms with E-state index in [0.29, 0.717) is 28.8 Å². The summed E-state index contributed by atoms with van der Waals surface area (Å²) in [5.74, 6) is 0.378. The van der Waals surface area contributed by atoms with Crippen LogP contribution in [0.15, 0.2) is 24.4 Å². The molecule has 3 heterocycles. The van der Waals surface area contributed by atoms with Crippen LogP contribution in [0.4, 0.5) is 26.6 Å². The van der Waals surface area contributed by atoms with Crippen LogP contribution in [0.5, 0.6) is 0 Å². The first-order chi connectivity index (χ1) is 14.9. The monoisotopic (exact) mass is 444 g/mol. The summed E-state index contributed by atoms with van der Waals surface area (Å²) in [5.41, 5.74) is 18.8. The van der Waals surface area contributed by atoms with Gasteiger partial charge >= 0.3 is 0 Å². The highest BCUT2D eigenvalue weighted by molar-refractivity contribution is 7.19. The number of nitrogens with one attached hydrogen (secondary N) is 1. The van der Waals surface area contributed by atoms with Crippen LogP contribution in [0, 0.1) is 11.7 Å². The molecule has 1 saturated heterocycles. The Morgan fingerprint density at radius 1 is 1.32 bits per heavy atom. The summed E-state index contributed by atoms with van der Waals surface area (Å²) in [7, 11) is 1.83. The van der Waals surface area contributed by atoms with Gasteiger partial charge in [-0.15, -0.1) is 0 Å². The molecular weight excluding hydrogens is 419 g/mol. The molecule has 0 unspecified atom stereocenters. The molecular formula is C20H25FN8OS. The van der Waals surface area contributed by atoms with Gasteiger partial charge in [-0.05, 0) is 43.5 Å². The van der Waals surface area contributed by atoms with E-state index in [-0.39, 0.29) is 16.3 Å². The molecule has 11 heteroatoms. The number of carbonyl (C=O) groups is 1. The molecule has 7 N–H and O–H groups in total. The van der Waals surface area contributed by atoms with Crippen LogP contribution in [-0.4, -0.2) is 40.3 Å². The molecule has 0 aliphatic carbocycles.